The van der Waals surface area contributed by atoms with Crippen LogP contribution >= 0.6 is 11.3 Å². The molecule has 1 aliphatic rings. The maximum atomic E-state index is 10.9. The molecule has 1 atom stereocenters. The summed E-state index contributed by atoms with van der Waals surface area (Å²) in [6, 6.07) is 2.41. The van der Waals surface area contributed by atoms with Crippen molar-refractivity contribution in [1.82, 2.24) is 10.2 Å². The zero-order valence-corrected chi connectivity index (χ0v) is 11.7. The highest BCUT2D eigenvalue weighted by atomic mass is 32.1. The van der Waals surface area contributed by atoms with Gasteiger partial charge in [-0.25, -0.2) is 4.79 Å². The van der Waals surface area contributed by atoms with Crippen LogP contribution in [-0.2, 0) is 6.54 Å². The van der Waals surface area contributed by atoms with Crippen LogP contribution in [0.1, 0.15) is 33.0 Å². The lowest BCUT2D eigenvalue weighted by molar-refractivity contribution is 0.0702. The Hall–Kier alpha value is -0.910. The van der Waals surface area contributed by atoms with E-state index in [1.807, 2.05) is 6.92 Å². The monoisotopic (exact) mass is 268 g/mol. The molecule has 0 saturated carbocycles. The van der Waals surface area contributed by atoms with Gasteiger partial charge in [0.1, 0.15) is 4.88 Å². The summed E-state index contributed by atoms with van der Waals surface area (Å²) < 4.78 is 0. The zero-order chi connectivity index (χ0) is 13.1. The van der Waals surface area contributed by atoms with Crippen molar-refractivity contribution in [1.29, 1.82) is 0 Å². The number of nitrogens with one attached hydrogen (secondary N) is 1. The fourth-order valence-electron chi connectivity index (χ4n) is 2.41. The molecule has 5 heteroatoms. The van der Waals surface area contributed by atoms with Gasteiger partial charge in [0.05, 0.1) is 0 Å². The third-order valence-corrected chi connectivity index (χ3v) is 4.68. The Labute approximate surface area is 112 Å². The maximum Gasteiger partial charge on any atom is 0.345 e. The van der Waals surface area contributed by atoms with Crippen molar-refractivity contribution in [2.75, 3.05) is 20.1 Å². The summed E-state index contributed by atoms with van der Waals surface area (Å²) in [5, 5.41) is 12.4. The van der Waals surface area contributed by atoms with E-state index in [2.05, 4.69) is 17.3 Å². The lowest BCUT2D eigenvalue weighted by Gasteiger charge is -2.19. The minimum Gasteiger partial charge on any atom is -0.477 e. The summed E-state index contributed by atoms with van der Waals surface area (Å²) in [5.74, 6) is -0.829. The Kier molecular flexibility index (Phi) is 4.37. The summed E-state index contributed by atoms with van der Waals surface area (Å²) in [4.78, 5) is 14.8. The second-order valence-corrected chi connectivity index (χ2v) is 6.16. The molecule has 0 aromatic carbocycles. The summed E-state index contributed by atoms with van der Waals surface area (Å²) in [6.07, 6.45) is 2.54. The Balaban J connectivity index is 1.84. The molecule has 0 amide bonds. The summed E-state index contributed by atoms with van der Waals surface area (Å²) >= 11 is 1.36. The number of likely N-dealkylation sites (N-methyl/N-ethyl adjacent to an activating group) is 1. The molecule has 1 saturated heterocycles. The molecule has 18 heavy (non-hydrogen) atoms. The second-order valence-electron chi connectivity index (χ2n) is 4.90. The number of aromatic carboxylic acids is 1. The average molecular weight is 268 g/mol. The Bertz CT molecular complexity index is 431. The van der Waals surface area contributed by atoms with Crippen LogP contribution in [0.4, 0.5) is 0 Å². The van der Waals surface area contributed by atoms with Gasteiger partial charge in [-0.2, -0.15) is 0 Å². The number of aryl methyl sites for hydroxylation is 1. The van der Waals surface area contributed by atoms with Gasteiger partial charge < -0.3 is 15.3 Å². The molecular weight excluding hydrogens is 248 g/mol. The van der Waals surface area contributed by atoms with Crippen LogP contribution in [-0.4, -0.2) is 42.2 Å². The van der Waals surface area contributed by atoms with Gasteiger partial charge in [0.15, 0.2) is 0 Å². The van der Waals surface area contributed by atoms with Crippen LogP contribution in [0.2, 0.25) is 0 Å². The number of carbonyl (C=O) groups is 1. The van der Waals surface area contributed by atoms with Crippen LogP contribution in [0.5, 0.6) is 0 Å². The molecule has 2 rings (SSSR count). The van der Waals surface area contributed by atoms with Crippen LogP contribution in [0.3, 0.4) is 0 Å². The summed E-state index contributed by atoms with van der Waals surface area (Å²) in [5.41, 5.74) is 1.11. The highest BCUT2D eigenvalue weighted by Gasteiger charge is 2.20. The topological polar surface area (TPSA) is 52.6 Å². The first kappa shape index (κ1) is 13.5. The molecule has 0 spiro atoms. The van der Waals surface area contributed by atoms with E-state index in [1.165, 1.54) is 30.7 Å². The third kappa shape index (κ3) is 3.10. The molecule has 1 aromatic rings. The van der Waals surface area contributed by atoms with Crippen LogP contribution in [0, 0.1) is 6.92 Å². The lowest BCUT2D eigenvalue weighted by atomic mass is 10.2. The largest absolute Gasteiger partial charge is 0.477 e. The first-order valence-corrected chi connectivity index (χ1v) is 7.13. The zero-order valence-electron chi connectivity index (χ0n) is 10.9. The van der Waals surface area contributed by atoms with Crippen molar-refractivity contribution in [3.8, 4) is 0 Å². The van der Waals surface area contributed by atoms with E-state index in [0.717, 1.165) is 23.5 Å². The van der Waals surface area contributed by atoms with Gasteiger partial charge >= 0.3 is 5.97 Å². The quantitative estimate of drug-likeness (QED) is 0.857. The number of carboxylic acids is 1. The van der Waals surface area contributed by atoms with Crippen molar-refractivity contribution < 1.29 is 9.90 Å². The molecule has 100 valence electrons. The second kappa shape index (κ2) is 5.82. The Morgan fingerprint density at radius 3 is 3.00 bits per heavy atom. The standard InChI is InChI=1S/C13H20N2O2S/c1-9-10(6-12(18-9)13(16)17)7-14-8-11-4-3-5-15(11)2/h6,11,14H,3-5,7-8H2,1-2H3,(H,16,17). The molecule has 1 unspecified atom stereocenters. The summed E-state index contributed by atoms with van der Waals surface area (Å²) in [6.45, 7) is 4.91. The Morgan fingerprint density at radius 2 is 2.44 bits per heavy atom. The van der Waals surface area contributed by atoms with Gasteiger partial charge in [-0.15, -0.1) is 11.3 Å². The van der Waals surface area contributed by atoms with Crippen molar-refractivity contribution in [2.45, 2.75) is 32.4 Å². The fraction of sp³-hybridized carbons (Fsp3) is 0.615. The van der Waals surface area contributed by atoms with Gasteiger partial charge in [0, 0.05) is 24.0 Å². The van der Waals surface area contributed by atoms with Crippen LogP contribution in [0.15, 0.2) is 6.07 Å². The SMILES string of the molecule is Cc1sc(C(=O)O)cc1CNCC1CCCN1C. The first-order chi connectivity index (χ1) is 8.58. The number of thiophene rings is 1. The smallest absolute Gasteiger partial charge is 0.345 e. The molecule has 1 aliphatic heterocycles. The highest BCUT2D eigenvalue weighted by molar-refractivity contribution is 7.14. The van der Waals surface area contributed by atoms with Crippen LogP contribution in [0.25, 0.3) is 0 Å². The maximum absolute atomic E-state index is 10.9. The minimum atomic E-state index is -0.829. The molecule has 4 nitrogen and oxygen atoms in total. The van der Waals surface area contributed by atoms with E-state index < -0.39 is 5.97 Å². The van der Waals surface area contributed by atoms with Crippen molar-refractivity contribution in [2.24, 2.45) is 0 Å². The lowest BCUT2D eigenvalue weighted by Crippen LogP contribution is -2.35. The number of carboxylic acid groups (broad SMARTS) is 1. The molecule has 0 aliphatic carbocycles. The van der Waals surface area contributed by atoms with E-state index >= 15 is 0 Å². The van der Waals surface area contributed by atoms with E-state index in [4.69, 9.17) is 5.11 Å². The number of nitrogens with zero attached hydrogens (tertiary/aromatic N) is 1. The molecule has 0 radical (unpaired) electrons. The number of hydrogen-bond acceptors (Lipinski definition) is 4. The van der Waals surface area contributed by atoms with Gasteiger partial charge in [-0.3, -0.25) is 0 Å². The predicted molar refractivity (Wildman–Crippen MR) is 73.4 cm³/mol. The van der Waals surface area contributed by atoms with Gasteiger partial charge in [0.2, 0.25) is 0 Å². The fourth-order valence-corrected chi connectivity index (χ4v) is 3.29. The number of hydrogen-bond donors (Lipinski definition) is 2. The molecule has 1 aromatic heterocycles. The third-order valence-electron chi connectivity index (χ3n) is 3.60. The molecule has 2 N–H and O–H groups in total. The van der Waals surface area contributed by atoms with Gasteiger partial charge in [-0.05, 0) is 45.0 Å². The van der Waals surface area contributed by atoms with Crippen LogP contribution < -0.4 is 5.32 Å². The normalized spacial score (nSPS) is 20.4. The van der Waals surface area contributed by atoms with E-state index in [-0.39, 0.29) is 0 Å². The minimum absolute atomic E-state index is 0.433. The van der Waals surface area contributed by atoms with Gasteiger partial charge in [-0.1, -0.05) is 0 Å². The van der Waals surface area contributed by atoms with E-state index in [9.17, 15) is 4.79 Å². The molecule has 2 heterocycles. The summed E-state index contributed by atoms with van der Waals surface area (Å²) in [7, 11) is 2.16. The first-order valence-electron chi connectivity index (χ1n) is 6.31. The van der Waals surface area contributed by atoms with Crippen molar-refractivity contribution in [3.05, 3.63) is 21.4 Å². The van der Waals surface area contributed by atoms with Crippen molar-refractivity contribution >= 4 is 17.3 Å². The van der Waals surface area contributed by atoms with Gasteiger partial charge in [0.25, 0.3) is 0 Å². The predicted octanol–water partition coefficient (Wildman–Crippen LogP) is 1.94. The number of likely N-dealkylation sites (tertiary alicyclic amines) is 1. The molecule has 0 bridgehead atoms. The molecular formula is C13H20N2O2S. The highest BCUT2D eigenvalue weighted by Crippen LogP contribution is 2.21. The average Bonchev–Trinajstić information content (AvgIpc) is 2.87. The number of rotatable bonds is 5. The van der Waals surface area contributed by atoms with E-state index in [1.54, 1.807) is 6.07 Å². The molecule has 1 fully saturated rings. The van der Waals surface area contributed by atoms with Crippen molar-refractivity contribution in [3.63, 3.8) is 0 Å². The van der Waals surface area contributed by atoms with E-state index in [0.29, 0.717) is 10.9 Å². The Morgan fingerprint density at radius 1 is 1.67 bits per heavy atom.